The number of methoxy groups -OCH3 is 2. The van der Waals surface area contributed by atoms with Crippen LogP contribution in [0, 0.1) is 0 Å². The topological polar surface area (TPSA) is 89.0 Å². The summed E-state index contributed by atoms with van der Waals surface area (Å²) in [4.78, 5) is 23.7. The van der Waals surface area contributed by atoms with Gasteiger partial charge in [0, 0.05) is 21.8 Å². The van der Waals surface area contributed by atoms with E-state index in [1.807, 2.05) is 0 Å². The van der Waals surface area contributed by atoms with Crippen molar-refractivity contribution in [1.29, 1.82) is 0 Å². The van der Waals surface area contributed by atoms with Crippen molar-refractivity contribution in [3.8, 4) is 11.5 Å². The predicted molar refractivity (Wildman–Crippen MR) is 98.1 cm³/mol. The van der Waals surface area contributed by atoms with Gasteiger partial charge in [0.15, 0.2) is 0 Å². The Balaban J connectivity index is 1.96. The van der Waals surface area contributed by atoms with Gasteiger partial charge in [-0.25, -0.2) is 5.43 Å². The van der Waals surface area contributed by atoms with Crippen LogP contribution in [0.5, 0.6) is 11.5 Å². The second-order valence-corrected chi connectivity index (χ2v) is 5.63. The Morgan fingerprint density at radius 2 is 1.76 bits per heavy atom. The van der Waals surface area contributed by atoms with E-state index < -0.39 is 11.8 Å². The standard InChI is InChI=1S/C17H16BrN3O4/c1-24-13-5-3-4-12(9-13)20-16(22)17(23)21-19-10-11-8-14(25-2)6-7-15(11)18/h3-10H,1-2H3,(H,20,22)(H,21,23)/b19-10+. The van der Waals surface area contributed by atoms with Crippen LogP contribution in [0.2, 0.25) is 0 Å². The molecule has 0 radical (unpaired) electrons. The van der Waals surface area contributed by atoms with E-state index >= 15 is 0 Å². The number of halogens is 1. The molecule has 0 aromatic heterocycles. The van der Waals surface area contributed by atoms with Crippen molar-refractivity contribution in [3.63, 3.8) is 0 Å². The summed E-state index contributed by atoms with van der Waals surface area (Å²) in [6, 6.07) is 12.0. The van der Waals surface area contributed by atoms with Crippen molar-refractivity contribution >= 4 is 39.6 Å². The van der Waals surface area contributed by atoms with Gasteiger partial charge in [-0.2, -0.15) is 5.10 Å². The summed E-state index contributed by atoms with van der Waals surface area (Å²) in [7, 11) is 3.06. The molecule has 0 fully saturated rings. The van der Waals surface area contributed by atoms with Crippen molar-refractivity contribution in [2.24, 2.45) is 5.10 Å². The Labute approximate surface area is 153 Å². The zero-order valence-corrected chi connectivity index (χ0v) is 15.2. The minimum absolute atomic E-state index is 0.444. The van der Waals surface area contributed by atoms with Gasteiger partial charge >= 0.3 is 11.8 Å². The van der Waals surface area contributed by atoms with Crippen LogP contribution in [0.1, 0.15) is 5.56 Å². The number of hydrogen-bond acceptors (Lipinski definition) is 5. The average molecular weight is 406 g/mol. The number of ether oxygens (including phenoxy) is 2. The van der Waals surface area contributed by atoms with Gasteiger partial charge in [0.25, 0.3) is 0 Å². The van der Waals surface area contributed by atoms with Crippen LogP contribution < -0.4 is 20.2 Å². The van der Waals surface area contributed by atoms with Crippen LogP contribution >= 0.6 is 15.9 Å². The Bertz CT molecular complexity index is 808. The fourth-order valence-electron chi connectivity index (χ4n) is 1.85. The summed E-state index contributed by atoms with van der Waals surface area (Å²) in [6.07, 6.45) is 1.41. The third kappa shape index (κ3) is 5.32. The van der Waals surface area contributed by atoms with Gasteiger partial charge in [-0.05, 0) is 30.3 Å². The minimum atomic E-state index is -0.891. The largest absolute Gasteiger partial charge is 0.497 e. The van der Waals surface area contributed by atoms with Gasteiger partial charge in [-0.1, -0.05) is 22.0 Å². The molecule has 2 aromatic carbocycles. The maximum atomic E-state index is 11.9. The maximum absolute atomic E-state index is 11.9. The van der Waals surface area contributed by atoms with E-state index in [0.29, 0.717) is 22.7 Å². The van der Waals surface area contributed by atoms with E-state index in [0.717, 1.165) is 4.47 Å². The zero-order chi connectivity index (χ0) is 18.2. The molecule has 0 saturated carbocycles. The van der Waals surface area contributed by atoms with Crippen LogP contribution in [0.25, 0.3) is 0 Å². The highest BCUT2D eigenvalue weighted by atomic mass is 79.9. The smallest absolute Gasteiger partial charge is 0.329 e. The first-order chi connectivity index (χ1) is 12.0. The molecule has 0 spiro atoms. The Morgan fingerprint density at radius 1 is 1.04 bits per heavy atom. The molecule has 0 heterocycles. The Kier molecular flexibility index (Phi) is 6.53. The van der Waals surface area contributed by atoms with E-state index in [4.69, 9.17) is 9.47 Å². The molecular formula is C17H16BrN3O4. The number of nitrogens with one attached hydrogen (secondary N) is 2. The molecule has 2 aromatic rings. The molecule has 2 amide bonds. The van der Waals surface area contributed by atoms with Crippen LogP contribution in [0.15, 0.2) is 52.0 Å². The first-order valence-electron chi connectivity index (χ1n) is 7.15. The molecule has 8 heteroatoms. The number of anilines is 1. The van der Waals surface area contributed by atoms with Gasteiger partial charge in [0.2, 0.25) is 0 Å². The first kappa shape index (κ1) is 18.5. The van der Waals surface area contributed by atoms with Crippen molar-refractivity contribution in [3.05, 3.63) is 52.5 Å². The van der Waals surface area contributed by atoms with Crippen LogP contribution in [-0.2, 0) is 9.59 Å². The summed E-state index contributed by atoms with van der Waals surface area (Å²) in [6.45, 7) is 0. The minimum Gasteiger partial charge on any atom is -0.497 e. The summed E-state index contributed by atoms with van der Waals surface area (Å²) >= 11 is 3.36. The quantitative estimate of drug-likeness (QED) is 0.454. The Morgan fingerprint density at radius 3 is 2.48 bits per heavy atom. The van der Waals surface area contributed by atoms with E-state index in [-0.39, 0.29) is 0 Å². The molecule has 0 saturated heterocycles. The lowest BCUT2D eigenvalue weighted by molar-refractivity contribution is -0.136. The van der Waals surface area contributed by atoms with Gasteiger partial charge in [0.1, 0.15) is 11.5 Å². The molecule has 130 valence electrons. The predicted octanol–water partition coefficient (Wildman–Crippen LogP) is 2.56. The highest BCUT2D eigenvalue weighted by Crippen LogP contribution is 2.20. The number of hydrazone groups is 1. The van der Waals surface area contributed by atoms with E-state index in [1.54, 1.807) is 49.6 Å². The van der Waals surface area contributed by atoms with Crippen LogP contribution in [0.4, 0.5) is 5.69 Å². The average Bonchev–Trinajstić information content (AvgIpc) is 2.63. The van der Waals surface area contributed by atoms with E-state index in [2.05, 4.69) is 31.8 Å². The highest BCUT2D eigenvalue weighted by molar-refractivity contribution is 9.10. The number of benzene rings is 2. The molecular weight excluding hydrogens is 390 g/mol. The van der Waals surface area contributed by atoms with Gasteiger partial charge in [-0.15, -0.1) is 0 Å². The fraction of sp³-hybridized carbons (Fsp3) is 0.118. The molecule has 0 aliphatic heterocycles. The van der Waals surface area contributed by atoms with Crippen molar-refractivity contribution < 1.29 is 19.1 Å². The number of rotatable bonds is 5. The van der Waals surface area contributed by atoms with Gasteiger partial charge in [-0.3, -0.25) is 9.59 Å². The number of hydrogen-bond donors (Lipinski definition) is 2. The lowest BCUT2D eigenvalue weighted by Gasteiger charge is -2.06. The van der Waals surface area contributed by atoms with Gasteiger partial charge in [0.05, 0.1) is 20.4 Å². The molecule has 0 atom stereocenters. The molecule has 7 nitrogen and oxygen atoms in total. The SMILES string of the molecule is COc1cccc(NC(=O)C(=O)N/N=C/c2cc(OC)ccc2Br)c1. The molecule has 25 heavy (non-hydrogen) atoms. The molecule has 0 bridgehead atoms. The lowest BCUT2D eigenvalue weighted by atomic mass is 10.2. The summed E-state index contributed by atoms with van der Waals surface area (Å²) in [5.41, 5.74) is 3.30. The highest BCUT2D eigenvalue weighted by Gasteiger charge is 2.13. The van der Waals surface area contributed by atoms with Crippen LogP contribution in [0.3, 0.4) is 0 Å². The number of carbonyl (C=O) groups is 2. The molecule has 2 N–H and O–H groups in total. The molecule has 0 aliphatic carbocycles. The van der Waals surface area contributed by atoms with Crippen molar-refractivity contribution in [2.45, 2.75) is 0 Å². The number of nitrogens with zero attached hydrogens (tertiary/aromatic N) is 1. The van der Waals surface area contributed by atoms with Crippen molar-refractivity contribution in [1.82, 2.24) is 5.43 Å². The third-order valence-corrected chi connectivity index (χ3v) is 3.83. The third-order valence-electron chi connectivity index (χ3n) is 3.11. The summed E-state index contributed by atoms with van der Waals surface area (Å²) in [5.74, 6) is -0.515. The second-order valence-electron chi connectivity index (χ2n) is 4.77. The van der Waals surface area contributed by atoms with Crippen molar-refractivity contribution in [2.75, 3.05) is 19.5 Å². The van der Waals surface area contributed by atoms with E-state index in [1.165, 1.54) is 13.3 Å². The molecule has 0 aliphatic rings. The second kappa shape index (κ2) is 8.84. The normalized spacial score (nSPS) is 10.4. The monoisotopic (exact) mass is 405 g/mol. The lowest BCUT2D eigenvalue weighted by Crippen LogP contribution is -2.32. The van der Waals surface area contributed by atoms with Crippen LogP contribution in [-0.4, -0.2) is 32.2 Å². The molecule has 0 unspecified atom stereocenters. The fourth-order valence-corrected chi connectivity index (χ4v) is 2.20. The first-order valence-corrected chi connectivity index (χ1v) is 7.94. The van der Waals surface area contributed by atoms with Gasteiger partial charge < -0.3 is 14.8 Å². The number of carbonyl (C=O) groups excluding carboxylic acids is 2. The zero-order valence-electron chi connectivity index (χ0n) is 13.6. The molecule has 2 rings (SSSR count). The maximum Gasteiger partial charge on any atom is 0.329 e. The number of amides is 2. The summed E-state index contributed by atoms with van der Waals surface area (Å²) < 4.78 is 10.9. The summed E-state index contributed by atoms with van der Waals surface area (Å²) in [5, 5.41) is 6.24. The van der Waals surface area contributed by atoms with E-state index in [9.17, 15) is 9.59 Å². The Hall–Kier alpha value is -2.87.